The number of nitrogens with two attached hydrogens (primary N) is 1. The zero-order valence-electron chi connectivity index (χ0n) is 15.9. The van der Waals surface area contributed by atoms with Crippen LogP contribution in [0.25, 0.3) is 0 Å². The Morgan fingerprint density at radius 1 is 1.11 bits per heavy atom. The van der Waals surface area contributed by atoms with Crippen LogP contribution in [-0.4, -0.2) is 69.0 Å². The molecular weight excluding hydrogens is 394 g/mol. The zero-order valence-corrected chi connectivity index (χ0v) is 17.5. The van der Waals surface area contributed by atoms with Crippen molar-refractivity contribution in [2.75, 3.05) is 39.4 Å². The van der Waals surface area contributed by atoms with Gasteiger partial charge < -0.3 is 20.1 Å². The Morgan fingerprint density at radius 2 is 1.67 bits per heavy atom. The van der Waals surface area contributed by atoms with Gasteiger partial charge in [-0.05, 0) is 32.9 Å². The van der Waals surface area contributed by atoms with Crippen molar-refractivity contribution >= 4 is 28.3 Å². The highest BCUT2D eigenvalue weighted by Crippen LogP contribution is 2.31. The van der Waals surface area contributed by atoms with E-state index >= 15 is 0 Å². The molecule has 0 unspecified atom stereocenters. The van der Waals surface area contributed by atoms with Gasteiger partial charge in [-0.15, -0.1) is 12.4 Å². The second kappa shape index (κ2) is 10.1. The van der Waals surface area contributed by atoms with Gasteiger partial charge in [-0.3, -0.25) is 4.79 Å². The van der Waals surface area contributed by atoms with Crippen LogP contribution < -0.4 is 15.2 Å². The maximum atomic E-state index is 12.9. The van der Waals surface area contributed by atoms with Crippen molar-refractivity contribution in [3.8, 4) is 11.5 Å². The largest absolute Gasteiger partial charge is 0.490 e. The lowest BCUT2D eigenvalue weighted by Gasteiger charge is -2.34. The predicted molar refractivity (Wildman–Crippen MR) is 105 cm³/mol. The molecule has 2 N–H and O–H groups in total. The molecule has 0 saturated carbocycles. The smallest absolute Gasteiger partial charge is 0.243 e. The van der Waals surface area contributed by atoms with Gasteiger partial charge in [0.25, 0.3) is 0 Å². The number of sulfonamides is 1. The minimum atomic E-state index is -3.68. The number of hydrogen-bond donors (Lipinski definition) is 1. The molecule has 1 aliphatic rings. The molecule has 1 atom stereocenters. The van der Waals surface area contributed by atoms with Crippen LogP contribution >= 0.6 is 12.4 Å². The first kappa shape index (κ1) is 23.5. The summed E-state index contributed by atoms with van der Waals surface area (Å²) in [5, 5.41) is 0. The number of piperazine rings is 1. The molecule has 0 radical (unpaired) electrons. The first-order valence-corrected chi connectivity index (χ1v) is 10.2. The highest BCUT2D eigenvalue weighted by molar-refractivity contribution is 7.89. The van der Waals surface area contributed by atoms with Gasteiger partial charge in [-0.1, -0.05) is 0 Å². The molecule has 1 aromatic rings. The van der Waals surface area contributed by atoms with Crippen LogP contribution in [0.1, 0.15) is 20.8 Å². The molecule has 0 aliphatic carbocycles. The van der Waals surface area contributed by atoms with Crippen LogP contribution in [0.15, 0.2) is 23.1 Å². The molecule has 0 aromatic heterocycles. The molecule has 27 heavy (non-hydrogen) atoms. The number of halogens is 1. The lowest BCUT2D eigenvalue weighted by Crippen LogP contribution is -2.53. The third-order valence-electron chi connectivity index (χ3n) is 4.09. The predicted octanol–water partition coefficient (Wildman–Crippen LogP) is 1.09. The SMILES string of the molecule is CCOc1ccc(S(=O)(=O)N2CCN(C(=O)[C@@H](C)N)CC2)cc1OCC.Cl. The topological polar surface area (TPSA) is 102 Å². The summed E-state index contributed by atoms with van der Waals surface area (Å²) in [4.78, 5) is 13.7. The van der Waals surface area contributed by atoms with Gasteiger partial charge in [0.15, 0.2) is 11.5 Å². The van der Waals surface area contributed by atoms with Crippen molar-refractivity contribution in [3.63, 3.8) is 0 Å². The maximum absolute atomic E-state index is 12.9. The molecule has 1 fully saturated rings. The molecule has 1 heterocycles. The summed E-state index contributed by atoms with van der Waals surface area (Å²) in [6, 6.07) is 4.03. The molecule has 1 aliphatic heterocycles. The van der Waals surface area contributed by atoms with E-state index in [-0.39, 0.29) is 36.3 Å². The Morgan fingerprint density at radius 3 is 2.19 bits per heavy atom. The number of amides is 1. The molecule has 154 valence electrons. The van der Waals surface area contributed by atoms with Gasteiger partial charge in [-0.25, -0.2) is 8.42 Å². The highest BCUT2D eigenvalue weighted by Gasteiger charge is 2.31. The van der Waals surface area contributed by atoms with Crippen molar-refractivity contribution in [1.82, 2.24) is 9.21 Å². The van der Waals surface area contributed by atoms with E-state index in [0.29, 0.717) is 37.8 Å². The summed E-state index contributed by atoms with van der Waals surface area (Å²) >= 11 is 0. The number of rotatable bonds is 7. The van der Waals surface area contributed by atoms with Crippen molar-refractivity contribution in [1.29, 1.82) is 0 Å². The second-order valence-electron chi connectivity index (χ2n) is 5.99. The monoisotopic (exact) mass is 421 g/mol. The average Bonchev–Trinajstić information content (AvgIpc) is 2.63. The van der Waals surface area contributed by atoms with Crippen LogP contribution in [0.2, 0.25) is 0 Å². The number of ether oxygens (including phenoxy) is 2. The molecule has 8 nitrogen and oxygen atoms in total. The number of hydrogen-bond acceptors (Lipinski definition) is 6. The van der Waals surface area contributed by atoms with Crippen molar-refractivity contribution in [2.45, 2.75) is 31.7 Å². The van der Waals surface area contributed by atoms with E-state index in [1.165, 1.54) is 16.4 Å². The van der Waals surface area contributed by atoms with Crippen LogP contribution in [0.5, 0.6) is 11.5 Å². The van der Waals surface area contributed by atoms with E-state index < -0.39 is 16.1 Å². The standard InChI is InChI=1S/C17H27N3O5S.ClH/c1-4-24-15-7-6-14(12-16(15)25-5-2)26(22,23)20-10-8-19(9-11-20)17(21)13(3)18;/h6-7,12-13H,4-5,8-11,18H2,1-3H3;1H/t13-;/m1./s1. The molecule has 1 aromatic carbocycles. The summed E-state index contributed by atoms with van der Waals surface area (Å²) in [7, 11) is -3.68. The normalized spacial score (nSPS) is 16.4. The van der Waals surface area contributed by atoms with E-state index in [9.17, 15) is 13.2 Å². The number of carbonyl (C=O) groups excluding carboxylic acids is 1. The summed E-state index contributed by atoms with van der Waals surface area (Å²) < 4.78 is 38.2. The van der Waals surface area contributed by atoms with Crippen LogP contribution in [0.3, 0.4) is 0 Å². The number of carbonyl (C=O) groups is 1. The summed E-state index contributed by atoms with van der Waals surface area (Å²) in [6.07, 6.45) is 0. The Balaban J connectivity index is 0.00000364. The molecule has 0 bridgehead atoms. The van der Waals surface area contributed by atoms with Crippen molar-refractivity contribution in [3.05, 3.63) is 18.2 Å². The van der Waals surface area contributed by atoms with Gasteiger partial charge in [0.1, 0.15) is 0 Å². The third kappa shape index (κ3) is 5.47. The Bertz CT molecular complexity index is 734. The first-order valence-electron chi connectivity index (χ1n) is 8.75. The van der Waals surface area contributed by atoms with E-state index in [0.717, 1.165) is 0 Å². The Kier molecular flexibility index (Phi) is 8.80. The van der Waals surface area contributed by atoms with Crippen LogP contribution in [0.4, 0.5) is 0 Å². The average molecular weight is 422 g/mol. The van der Waals surface area contributed by atoms with Crippen LogP contribution in [0, 0.1) is 0 Å². The third-order valence-corrected chi connectivity index (χ3v) is 5.99. The van der Waals surface area contributed by atoms with Gasteiger partial charge in [-0.2, -0.15) is 4.31 Å². The van der Waals surface area contributed by atoms with Crippen LogP contribution in [-0.2, 0) is 14.8 Å². The first-order chi connectivity index (χ1) is 12.3. The molecular formula is C17H28ClN3O5S. The van der Waals surface area contributed by atoms with Crippen molar-refractivity contribution < 1.29 is 22.7 Å². The minimum Gasteiger partial charge on any atom is -0.490 e. The molecule has 2 rings (SSSR count). The fraction of sp³-hybridized carbons (Fsp3) is 0.588. The fourth-order valence-corrected chi connectivity index (χ4v) is 4.22. The fourth-order valence-electron chi connectivity index (χ4n) is 2.78. The van der Waals surface area contributed by atoms with Gasteiger partial charge in [0.2, 0.25) is 15.9 Å². The van der Waals surface area contributed by atoms with Gasteiger partial charge in [0, 0.05) is 32.2 Å². The summed E-state index contributed by atoms with van der Waals surface area (Å²) in [5.74, 6) is 0.753. The Labute approximate surface area is 167 Å². The summed E-state index contributed by atoms with van der Waals surface area (Å²) in [5.41, 5.74) is 5.61. The van der Waals surface area contributed by atoms with E-state index in [4.69, 9.17) is 15.2 Å². The van der Waals surface area contributed by atoms with E-state index in [1.807, 2.05) is 13.8 Å². The second-order valence-corrected chi connectivity index (χ2v) is 7.93. The minimum absolute atomic E-state index is 0. The zero-order chi connectivity index (χ0) is 19.3. The molecule has 1 amide bonds. The number of nitrogens with zero attached hydrogens (tertiary/aromatic N) is 2. The maximum Gasteiger partial charge on any atom is 0.243 e. The lowest BCUT2D eigenvalue weighted by molar-refractivity contribution is -0.133. The molecule has 10 heteroatoms. The quantitative estimate of drug-likeness (QED) is 0.706. The Hall–Kier alpha value is -1.55. The molecule has 0 spiro atoms. The molecule has 1 saturated heterocycles. The van der Waals surface area contributed by atoms with Gasteiger partial charge >= 0.3 is 0 Å². The number of benzene rings is 1. The van der Waals surface area contributed by atoms with Gasteiger partial charge in [0.05, 0.1) is 24.2 Å². The van der Waals surface area contributed by atoms with Crippen molar-refractivity contribution in [2.24, 2.45) is 5.73 Å². The lowest BCUT2D eigenvalue weighted by atomic mass is 10.2. The van der Waals surface area contributed by atoms with E-state index in [2.05, 4.69) is 0 Å². The summed E-state index contributed by atoms with van der Waals surface area (Å²) in [6.45, 7) is 7.29. The van der Waals surface area contributed by atoms with E-state index in [1.54, 1.807) is 17.9 Å². The highest BCUT2D eigenvalue weighted by atomic mass is 35.5.